The molecule has 1 unspecified atom stereocenters. The lowest BCUT2D eigenvalue weighted by atomic mass is 9.95. The third-order valence-electron chi connectivity index (χ3n) is 4.93. The fourth-order valence-corrected chi connectivity index (χ4v) is 3.17. The first-order valence-electron chi connectivity index (χ1n) is 9.69. The van der Waals surface area contributed by atoms with Crippen molar-refractivity contribution in [2.45, 2.75) is 19.6 Å². The molecule has 0 spiro atoms. The predicted molar refractivity (Wildman–Crippen MR) is 112 cm³/mol. The number of amides is 2. The van der Waals surface area contributed by atoms with Crippen molar-refractivity contribution >= 4 is 12.0 Å². The number of ether oxygens (including phenoxy) is 3. The van der Waals surface area contributed by atoms with Crippen LogP contribution in [0.5, 0.6) is 5.75 Å². The Morgan fingerprint density at radius 3 is 2.60 bits per heavy atom. The lowest BCUT2D eigenvalue weighted by Gasteiger charge is -2.33. The summed E-state index contributed by atoms with van der Waals surface area (Å²) in [7, 11) is 3.15. The van der Waals surface area contributed by atoms with Gasteiger partial charge in [-0.15, -0.1) is 0 Å². The van der Waals surface area contributed by atoms with Crippen LogP contribution < -0.4 is 10.1 Å². The molecule has 1 heterocycles. The largest absolute Gasteiger partial charge is 0.489 e. The van der Waals surface area contributed by atoms with Crippen molar-refractivity contribution in [1.29, 1.82) is 0 Å². The van der Waals surface area contributed by atoms with E-state index in [1.165, 1.54) is 12.0 Å². The van der Waals surface area contributed by atoms with Crippen molar-refractivity contribution in [3.63, 3.8) is 0 Å². The maximum Gasteiger partial charge on any atom is 0.338 e. The third kappa shape index (κ3) is 4.99. The number of nitrogens with one attached hydrogen (secondary N) is 1. The fraction of sp³-hybridized carbons (Fsp3) is 0.304. The molecule has 3 rings (SSSR count). The van der Waals surface area contributed by atoms with Gasteiger partial charge in [0.05, 0.1) is 18.2 Å². The number of urea groups is 1. The Bertz CT molecular complexity index is 926. The van der Waals surface area contributed by atoms with Crippen LogP contribution in [0.25, 0.3) is 0 Å². The molecule has 2 aromatic carbocycles. The van der Waals surface area contributed by atoms with Crippen LogP contribution in [0.2, 0.25) is 0 Å². The monoisotopic (exact) mass is 410 g/mol. The van der Waals surface area contributed by atoms with Crippen molar-refractivity contribution in [3.05, 3.63) is 77.0 Å². The van der Waals surface area contributed by atoms with Gasteiger partial charge in [0.2, 0.25) is 0 Å². The quantitative estimate of drug-likeness (QED) is 0.533. The summed E-state index contributed by atoms with van der Waals surface area (Å²) >= 11 is 0. The molecule has 1 atom stereocenters. The molecular formula is C23H26N2O5. The SMILES string of the molecule is COCCOC(=O)C1=C(C)N(C)C(=O)NC1c1cccc(OCc2ccccc2)c1. The lowest BCUT2D eigenvalue weighted by molar-refractivity contribution is -0.140. The summed E-state index contributed by atoms with van der Waals surface area (Å²) < 4.78 is 16.2. The van der Waals surface area contributed by atoms with Gasteiger partial charge in [-0.2, -0.15) is 0 Å². The lowest BCUT2D eigenvalue weighted by Crippen LogP contribution is -2.46. The summed E-state index contributed by atoms with van der Waals surface area (Å²) in [5, 5.41) is 2.88. The topological polar surface area (TPSA) is 77.1 Å². The average Bonchev–Trinajstić information content (AvgIpc) is 2.77. The number of esters is 1. The first-order chi connectivity index (χ1) is 14.5. The minimum Gasteiger partial charge on any atom is -0.489 e. The zero-order valence-electron chi connectivity index (χ0n) is 17.4. The van der Waals surface area contributed by atoms with E-state index >= 15 is 0 Å². The van der Waals surface area contributed by atoms with Crippen LogP contribution in [0, 0.1) is 0 Å². The Balaban J connectivity index is 1.84. The number of carbonyl (C=O) groups excluding carboxylic acids is 2. The van der Waals surface area contributed by atoms with E-state index in [1.807, 2.05) is 54.6 Å². The maximum absolute atomic E-state index is 12.8. The smallest absolute Gasteiger partial charge is 0.338 e. The first kappa shape index (κ1) is 21.4. The molecule has 2 aromatic rings. The summed E-state index contributed by atoms with van der Waals surface area (Å²) in [4.78, 5) is 26.6. The van der Waals surface area contributed by atoms with E-state index in [0.29, 0.717) is 30.2 Å². The minimum absolute atomic E-state index is 0.136. The highest BCUT2D eigenvalue weighted by Gasteiger charge is 2.35. The number of methoxy groups -OCH3 is 1. The van der Waals surface area contributed by atoms with Crippen LogP contribution in [0.3, 0.4) is 0 Å². The van der Waals surface area contributed by atoms with Gasteiger partial charge < -0.3 is 24.4 Å². The molecule has 1 N–H and O–H groups in total. The maximum atomic E-state index is 12.8. The Kier molecular flexibility index (Phi) is 7.08. The van der Waals surface area contributed by atoms with Gasteiger partial charge in [-0.3, -0.25) is 0 Å². The Morgan fingerprint density at radius 2 is 1.87 bits per heavy atom. The fourth-order valence-electron chi connectivity index (χ4n) is 3.17. The molecule has 0 radical (unpaired) electrons. The highest BCUT2D eigenvalue weighted by molar-refractivity contribution is 5.95. The van der Waals surface area contributed by atoms with Gasteiger partial charge in [0.15, 0.2) is 0 Å². The van der Waals surface area contributed by atoms with Gasteiger partial charge in [0, 0.05) is 19.9 Å². The van der Waals surface area contributed by atoms with Gasteiger partial charge in [0.25, 0.3) is 0 Å². The molecule has 0 aliphatic carbocycles. The molecule has 1 aliphatic heterocycles. The summed E-state index contributed by atoms with van der Waals surface area (Å²) in [5.74, 6) is 0.159. The Labute approximate surface area is 176 Å². The number of carbonyl (C=O) groups is 2. The number of benzene rings is 2. The minimum atomic E-state index is -0.635. The van der Waals surface area contributed by atoms with E-state index in [0.717, 1.165) is 11.1 Å². The molecule has 0 saturated heterocycles. The Hall–Kier alpha value is -3.32. The average molecular weight is 410 g/mol. The van der Waals surface area contributed by atoms with E-state index in [4.69, 9.17) is 14.2 Å². The molecule has 7 nitrogen and oxygen atoms in total. The molecule has 7 heteroatoms. The van der Waals surface area contributed by atoms with E-state index in [1.54, 1.807) is 14.0 Å². The molecule has 30 heavy (non-hydrogen) atoms. The summed E-state index contributed by atoms with van der Waals surface area (Å²) in [6, 6.07) is 16.3. The van der Waals surface area contributed by atoms with Crippen LogP contribution in [0.4, 0.5) is 4.79 Å². The van der Waals surface area contributed by atoms with Crippen molar-refractivity contribution < 1.29 is 23.8 Å². The summed E-state index contributed by atoms with van der Waals surface area (Å²) in [6.07, 6.45) is 0. The van der Waals surface area contributed by atoms with E-state index in [9.17, 15) is 9.59 Å². The molecular weight excluding hydrogens is 384 g/mol. The van der Waals surface area contributed by atoms with E-state index in [-0.39, 0.29) is 12.6 Å². The highest BCUT2D eigenvalue weighted by Crippen LogP contribution is 2.32. The van der Waals surface area contributed by atoms with Crippen LogP contribution in [-0.4, -0.2) is 44.3 Å². The van der Waals surface area contributed by atoms with Gasteiger partial charge in [-0.25, -0.2) is 9.59 Å². The molecule has 158 valence electrons. The van der Waals surface area contributed by atoms with E-state index < -0.39 is 12.0 Å². The number of hydrogen-bond donors (Lipinski definition) is 1. The molecule has 0 aromatic heterocycles. The molecule has 2 amide bonds. The second-order valence-corrected chi connectivity index (χ2v) is 6.92. The zero-order valence-corrected chi connectivity index (χ0v) is 17.4. The van der Waals surface area contributed by atoms with Crippen molar-refractivity contribution in [3.8, 4) is 5.75 Å². The number of rotatable bonds is 8. The van der Waals surface area contributed by atoms with Crippen molar-refractivity contribution in [1.82, 2.24) is 10.2 Å². The van der Waals surface area contributed by atoms with Crippen LogP contribution in [-0.2, 0) is 20.9 Å². The van der Waals surface area contributed by atoms with Crippen LogP contribution in [0.1, 0.15) is 24.1 Å². The zero-order chi connectivity index (χ0) is 21.5. The van der Waals surface area contributed by atoms with Gasteiger partial charge >= 0.3 is 12.0 Å². The van der Waals surface area contributed by atoms with Crippen molar-refractivity contribution in [2.24, 2.45) is 0 Å². The molecule has 0 fully saturated rings. The number of nitrogens with zero attached hydrogens (tertiary/aromatic N) is 1. The van der Waals surface area contributed by atoms with Gasteiger partial charge in [-0.05, 0) is 30.2 Å². The van der Waals surface area contributed by atoms with Gasteiger partial charge in [0.1, 0.15) is 19.0 Å². The second-order valence-electron chi connectivity index (χ2n) is 6.92. The van der Waals surface area contributed by atoms with Crippen LogP contribution in [0.15, 0.2) is 65.9 Å². The standard InChI is InChI=1S/C23H26N2O5/c1-16-20(22(26)29-13-12-28-3)21(24-23(27)25(16)2)18-10-7-11-19(14-18)30-15-17-8-5-4-6-9-17/h4-11,14,21H,12-13,15H2,1-3H3,(H,24,27). The molecule has 0 saturated carbocycles. The predicted octanol–water partition coefficient (Wildman–Crippen LogP) is 3.43. The summed E-state index contributed by atoms with van der Waals surface area (Å²) in [6.45, 7) is 2.59. The van der Waals surface area contributed by atoms with E-state index in [2.05, 4.69) is 5.32 Å². The summed E-state index contributed by atoms with van der Waals surface area (Å²) in [5.41, 5.74) is 2.71. The van der Waals surface area contributed by atoms with Crippen LogP contribution >= 0.6 is 0 Å². The highest BCUT2D eigenvalue weighted by atomic mass is 16.6. The normalized spacial score (nSPS) is 16.3. The van der Waals surface area contributed by atoms with Gasteiger partial charge in [-0.1, -0.05) is 42.5 Å². The molecule has 0 bridgehead atoms. The number of allylic oxidation sites excluding steroid dienone is 1. The third-order valence-corrected chi connectivity index (χ3v) is 4.93. The second kappa shape index (κ2) is 9.93. The Morgan fingerprint density at radius 1 is 1.10 bits per heavy atom. The number of hydrogen-bond acceptors (Lipinski definition) is 5. The molecule has 1 aliphatic rings. The first-order valence-corrected chi connectivity index (χ1v) is 9.69. The van der Waals surface area contributed by atoms with Crippen molar-refractivity contribution in [2.75, 3.05) is 27.4 Å².